The molecule has 2 aromatic carbocycles. The number of rotatable bonds is 4. The summed E-state index contributed by atoms with van der Waals surface area (Å²) in [4.78, 5) is 25.7. The Morgan fingerprint density at radius 1 is 0.971 bits per heavy atom. The molecular weight excluding hydrogens is 442 g/mol. The minimum Gasteiger partial charge on any atom is -0.496 e. The Bertz CT molecular complexity index is 1350. The minimum atomic E-state index is -0.638. The van der Waals surface area contributed by atoms with Crippen molar-refractivity contribution >= 4 is 22.8 Å². The number of hydrogen-bond donors (Lipinski definition) is 0. The Labute approximate surface area is 205 Å². The highest BCUT2D eigenvalue weighted by Gasteiger charge is 2.64. The molecule has 0 radical (unpaired) electrons. The smallest absolute Gasteiger partial charge is 0.337 e. The molecule has 2 aliphatic carbocycles. The largest absolute Gasteiger partial charge is 0.496 e. The summed E-state index contributed by atoms with van der Waals surface area (Å²) < 4.78 is 18.5. The van der Waals surface area contributed by atoms with Crippen molar-refractivity contribution in [1.29, 1.82) is 0 Å². The second kappa shape index (κ2) is 8.14. The number of hydrogen-bond acceptors (Lipinski definition) is 5. The quantitative estimate of drug-likeness (QED) is 0.447. The van der Waals surface area contributed by atoms with Gasteiger partial charge < -0.3 is 18.8 Å². The van der Waals surface area contributed by atoms with Gasteiger partial charge in [0.2, 0.25) is 0 Å². The van der Waals surface area contributed by atoms with Crippen LogP contribution < -0.4 is 4.74 Å². The monoisotopic (exact) mass is 473 g/mol. The summed E-state index contributed by atoms with van der Waals surface area (Å²) in [5.74, 6) is 0.761. The Morgan fingerprint density at radius 3 is 2.49 bits per heavy atom. The van der Waals surface area contributed by atoms with Crippen molar-refractivity contribution in [2.24, 2.45) is 5.41 Å². The topological polar surface area (TPSA) is 66.8 Å². The van der Waals surface area contributed by atoms with Gasteiger partial charge in [0.1, 0.15) is 5.75 Å². The van der Waals surface area contributed by atoms with Crippen LogP contribution in [0.4, 0.5) is 0 Å². The lowest BCUT2D eigenvalue weighted by Gasteiger charge is -2.24. The summed E-state index contributed by atoms with van der Waals surface area (Å²) in [6, 6.07) is 12.1. The van der Waals surface area contributed by atoms with Gasteiger partial charge in [-0.3, -0.25) is 4.79 Å². The van der Waals surface area contributed by atoms with Gasteiger partial charge in [-0.05, 0) is 48.9 Å². The third-order valence-corrected chi connectivity index (χ3v) is 8.54. The molecule has 6 nitrogen and oxygen atoms in total. The zero-order chi connectivity index (χ0) is 24.3. The van der Waals surface area contributed by atoms with E-state index in [1.54, 1.807) is 7.11 Å². The van der Waals surface area contributed by atoms with Crippen LogP contribution in [0.3, 0.4) is 0 Å². The number of esters is 2. The maximum Gasteiger partial charge on any atom is 0.337 e. The summed E-state index contributed by atoms with van der Waals surface area (Å²) in [6.07, 6.45) is 6.73. The highest BCUT2D eigenvalue weighted by atomic mass is 16.5. The fraction of sp³-hybridized carbons (Fsp3) is 0.448. The number of benzene rings is 2. The molecule has 35 heavy (non-hydrogen) atoms. The molecule has 0 saturated heterocycles. The van der Waals surface area contributed by atoms with E-state index in [-0.39, 0.29) is 17.9 Å². The Hall–Kier alpha value is -3.28. The fourth-order valence-electron chi connectivity index (χ4n) is 6.80. The van der Waals surface area contributed by atoms with Gasteiger partial charge in [-0.1, -0.05) is 37.5 Å². The number of aromatic nitrogens is 1. The molecule has 6 rings (SSSR count). The van der Waals surface area contributed by atoms with E-state index in [1.165, 1.54) is 44.7 Å². The second-order valence-electron chi connectivity index (χ2n) is 10.2. The van der Waals surface area contributed by atoms with Crippen molar-refractivity contribution in [3.8, 4) is 17.0 Å². The highest BCUT2D eigenvalue weighted by Crippen LogP contribution is 2.67. The molecule has 2 fully saturated rings. The molecule has 2 saturated carbocycles. The van der Waals surface area contributed by atoms with Gasteiger partial charge in [0.05, 0.1) is 38.0 Å². The average Bonchev–Trinajstić information content (AvgIpc) is 3.57. The first-order valence-corrected chi connectivity index (χ1v) is 12.5. The van der Waals surface area contributed by atoms with Gasteiger partial charge in [0.25, 0.3) is 0 Å². The first-order valence-electron chi connectivity index (χ1n) is 12.5. The lowest BCUT2D eigenvalue weighted by atomic mass is 9.81. The molecule has 0 N–H and O–H groups in total. The van der Waals surface area contributed by atoms with Crippen LogP contribution >= 0.6 is 0 Å². The lowest BCUT2D eigenvalue weighted by molar-refractivity contribution is -0.147. The maximum absolute atomic E-state index is 13.2. The Balaban J connectivity index is 1.70. The number of nitrogens with zero attached hydrogens (tertiary/aromatic N) is 1. The molecule has 0 spiro atoms. The molecule has 2 heterocycles. The number of carbonyl (C=O) groups is 2. The van der Waals surface area contributed by atoms with E-state index in [2.05, 4.69) is 16.7 Å². The van der Waals surface area contributed by atoms with Gasteiger partial charge >= 0.3 is 11.9 Å². The number of carbonyl (C=O) groups excluding carboxylic acids is 2. The second-order valence-corrected chi connectivity index (χ2v) is 10.2. The predicted molar refractivity (Wildman–Crippen MR) is 133 cm³/mol. The molecule has 0 amide bonds. The van der Waals surface area contributed by atoms with Crippen molar-refractivity contribution in [2.75, 3.05) is 21.3 Å². The van der Waals surface area contributed by atoms with Crippen LogP contribution in [-0.2, 0) is 20.8 Å². The van der Waals surface area contributed by atoms with Crippen LogP contribution in [0.5, 0.6) is 5.75 Å². The number of fused-ring (bicyclic) bond motifs is 7. The maximum atomic E-state index is 13.2. The van der Waals surface area contributed by atoms with E-state index in [4.69, 9.17) is 14.2 Å². The SMILES string of the molecule is COC(=O)c1ccc2c(C3CCCCC3)c3n(c2c1)CC1(C(=O)OC)CC1c1c(OC)cccc1-3. The van der Waals surface area contributed by atoms with E-state index in [1.807, 2.05) is 24.3 Å². The molecule has 1 aromatic heterocycles. The molecule has 3 aromatic rings. The summed E-state index contributed by atoms with van der Waals surface area (Å²) in [6.45, 7) is 0.519. The van der Waals surface area contributed by atoms with E-state index in [9.17, 15) is 9.59 Å². The Kier molecular flexibility index (Phi) is 5.17. The van der Waals surface area contributed by atoms with E-state index >= 15 is 0 Å². The van der Waals surface area contributed by atoms with Crippen molar-refractivity contribution in [2.45, 2.75) is 56.9 Å². The number of ether oxygens (including phenoxy) is 3. The summed E-state index contributed by atoms with van der Waals surface area (Å²) in [5.41, 5.74) is 5.60. The van der Waals surface area contributed by atoms with Crippen molar-refractivity contribution in [3.63, 3.8) is 0 Å². The van der Waals surface area contributed by atoms with Crippen molar-refractivity contribution in [1.82, 2.24) is 4.57 Å². The van der Waals surface area contributed by atoms with Crippen LogP contribution in [0.1, 0.15) is 71.8 Å². The molecule has 0 bridgehead atoms. The molecular formula is C29H31NO5. The highest BCUT2D eigenvalue weighted by molar-refractivity contribution is 6.00. The minimum absolute atomic E-state index is 0.0408. The van der Waals surface area contributed by atoms with E-state index < -0.39 is 5.41 Å². The molecule has 2 atom stereocenters. The van der Waals surface area contributed by atoms with Crippen LogP contribution in [0.15, 0.2) is 36.4 Å². The zero-order valence-corrected chi connectivity index (χ0v) is 20.6. The Morgan fingerprint density at radius 2 is 1.77 bits per heavy atom. The van der Waals surface area contributed by atoms with Crippen LogP contribution in [0, 0.1) is 5.41 Å². The first kappa shape index (κ1) is 22.2. The van der Waals surface area contributed by atoms with Gasteiger partial charge in [0.15, 0.2) is 0 Å². The standard InChI is InChI=1S/C29H31NO5/c1-33-23-11-7-10-20-25(23)21-15-29(21,28(32)35-3)16-30-22-14-18(27(31)34-2)12-13-19(22)24(26(20)30)17-8-5-4-6-9-17/h7,10-14,17,21H,4-6,8-9,15-16H2,1-3H3. The van der Waals surface area contributed by atoms with Crippen LogP contribution in [-0.4, -0.2) is 37.8 Å². The summed E-state index contributed by atoms with van der Waals surface area (Å²) in [5, 5.41) is 1.16. The third-order valence-electron chi connectivity index (χ3n) is 8.54. The van der Waals surface area contributed by atoms with Crippen LogP contribution in [0.25, 0.3) is 22.2 Å². The van der Waals surface area contributed by atoms with E-state index in [0.29, 0.717) is 18.0 Å². The lowest BCUT2D eigenvalue weighted by Crippen LogP contribution is -2.24. The summed E-state index contributed by atoms with van der Waals surface area (Å²) in [7, 11) is 4.57. The predicted octanol–water partition coefficient (Wildman–Crippen LogP) is 5.81. The fourth-order valence-corrected chi connectivity index (χ4v) is 6.80. The zero-order valence-electron chi connectivity index (χ0n) is 20.6. The molecule has 1 aliphatic heterocycles. The molecule has 2 unspecified atom stereocenters. The summed E-state index contributed by atoms with van der Waals surface area (Å²) >= 11 is 0. The molecule has 182 valence electrons. The van der Waals surface area contributed by atoms with Crippen LogP contribution in [0.2, 0.25) is 0 Å². The first-order chi connectivity index (χ1) is 17.0. The molecule has 6 heteroatoms. The number of methoxy groups -OCH3 is 3. The van der Waals surface area contributed by atoms with Crippen molar-refractivity contribution in [3.05, 3.63) is 53.1 Å². The van der Waals surface area contributed by atoms with Gasteiger partial charge in [-0.15, -0.1) is 0 Å². The van der Waals surface area contributed by atoms with Gasteiger partial charge in [-0.25, -0.2) is 4.79 Å². The van der Waals surface area contributed by atoms with Gasteiger partial charge in [0, 0.05) is 34.5 Å². The third kappa shape index (κ3) is 3.15. The average molecular weight is 474 g/mol. The van der Waals surface area contributed by atoms with E-state index in [0.717, 1.165) is 47.0 Å². The van der Waals surface area contributed by atoms with Gasteiger partial charge in [-0.2, -0.15) is 0 Å². The van der Waals surface area contributed by atoms with Crippen molar-refractivity contribution < 1.29 is 23.8 Å². The molecule has 3 aliphatic rings. The normalized spacial score (nSPS) is 23.0.